The van der Waals surface area contributed by atoms with Crippen LogP contribution in [0.25, 0.3) is 0 Å². The van der Waals surface area contributed by atoms with Crippen LogP contribution in [0.4, 0.5) is 0 Å². The molecule has 24 heavy (non-hydrogen) atoms. The molecule has 1 aromatic rings. The summed E-state index contributed by atoms with van der Waals surface area (Å²) in [6.07, 6.45) is 1.91. The third-order valence-corrected chi connectivity index (χ3v) is 4.89. The molecule has 2 heterocycles. The number of hydrogen-bond acceptors (Lipinski definition) is 5. The van der Waals surface area contributed by atoms with Gasteiger partial charge >= 0.3 is 0 Å². The fourth-order valence-corrected chi connectivity index (χ4v) is 3.40. The van der Waals surface area contributed by atoms with E-state index in [9.17, 15) is 9.90 Å². The molecule has 6 nitrogen and oxygen atoms in total. The molecule has 0 bridgehead atoms. The summed E-state index contributed by atoms with van der Waals surface area (Å²) in [4.78, 5) is 17.2. The van der Waals surface area contributed by atoms with E-state index in [1.165, 1.54) is 0 Å². The normalized spacial score (nSPS) is 23.9. The van der Waals surface area contributed by atoms with Crippen molar-refractivity contribution in [1.29, 1.82) is 0 Å². The van der Waals surface area contributed by atoms with Crippen molar-refractivity contribution in [1.82, 2.24) is 9.80 Å². The standard InChI is InChI=1S/C18H26N2O4/c1-19(2)14-7-6-13(12-21)10-20(11-14)18(22)15-4-3-5-16-17(15)24-9-8-23-16/h3-5,13-14,21H,6-12H2,1-2H3/t13-,14+/m0/s1. The molecule has 1 amide bonds. The Kier molecular flexibility index (Phi) is 5.26. The van der Waals surface area contributed by atoms with Gasteiger partial charge in [-0.2, -0.15) is 0 Å². The number of likely N-dealkylation sites (N-methyl/N-ethyl adjacent to an activating group) is 1. The largest absolute Gasteiger partial charge is 0.486 e. The van der Waals surface area contributed by atoms with Crippen LogP contribution < -0.4 is 9.47 Å². The summed E-state index contributed by atoms with van der Waals surface area (Å²) in [5.74, 6) is 1.24. The van der Waals surface area contributed by atoms with Crippen LogP contribution in [0.15, 0.2) is 18.2 Å². The summed E-state index contributed by atoms with van der Waals surface area (Å²) in [6.45, 7) is 2.30. The number of fused-ring (bicyclic) bond motifs is 1. The number of aliphatic hydroxyl groups excluding tert-OH is 1. The van der Waals surface area contributed by atoms with Crippen molar-refractivity contribution in [2.24, 2.45) is 5.92 Å². The van der Waals surface area contributed by atoms with Gasteiger partial charge in [0.2, 0.25) is 0 Å². The van der Waals surface area contributed by atoms with E-state index < -0.39 is 0 Å². The maximum Gasteiger partial charge on any atom is 0.257 e. The Morgan fingerprint density at radius 2 is 2.04 bits per heavy atom. The van der Waals surface area contributed by atoms with E-state index in [-0.39, 0.29) is 18.4 Å². The first-order valence-electron chi connectivity index (χ1n) is 8.55. The Labute approximate surface area is 143 Å². The van der Waals surface area contributed by atoms with Crippen molar-refractivity contribution in [3.63, 3.8) is 0 Å². The summed E-state index contributed by atoms with van der Waals surface area (Å²) >= 11 is 0. The van der Waals surface area contributed by atoms with Gasteiger partial charge in [-0.1, -0.05) is 6.07 Å². The fraction of sp³-hybridized carbons (Fsp3) is 0.611. The molecule has 0 radical (unpaired) electrons. The summed E-state index contributed by atoms with van der Waals surface area (Å²) < 4.78 is 11.3. The van der Waals surface area contributed by atoms with Crippen LogP contribution in [0.1, 0.15) is 23.2 Å². The lowest BCUT2D eigenvalue weighted by atomic mass is 10.0. The highest BCUT2D eigenvalue weighted by molar-refractivity contribution is 5.98. The van der Waals surface area contributed by atoms with Crippen LogP contribution in [-0.2, 0) is 0 Å². The molecule has 0 aromatic heterocycles. The molecule has 2 aliphatic heterocycles. The number of aliphatic hydroxyl groups is 1. The molecule has 1 fully saturated rings. The van der Waals surface area contributed by atoms with Crippen LogP contribution >= 0.6 is 0 Å². The predicted octanol–water partition coefficient (Wildman–Crippen LogP) is 1.23. The van der Waals surface area contributed by atoms with Crippen LogP contribution in [0.5, 0.6) is 11.5 Å². The molecule has 0 unspecified atom stereocenters. The molecule has 1 saturated heterocycles. The summed E-state index contributed by atoms with van der Waals surface area (Å²) in [5.41, 5.74) is 0.545. The highest BCUT2D eigenvalue weighted by atomic mass is 16.6. The molecule has 0 saturated carbocycles. The Hall–Kier alpha value is -1.79. The first-order valence-corrected chi connectivity index (χ1v) is 8.55. The Balaban J connectivity index is 1.87. The summed E-state index contributed by atoms with van der Waals surface area (Å²) in [6, 6.07) is 5.74. The highest BCUT2D eigenvalue weighted by Gasteiger charge is 2.31. The molecule has 2 aliphatic rings. The Morgan fingerprint density at radius 3 is 2.79 bits per heavy atom. The van der Waals surface area contributed by atoms with Crippen LogP contribution in [0.3, 0.4) is 0 Å². The number of hydrogen-bond donors (Lipinski definition) is 1. The van der Waals surface area contributed by atoms with Crippen molar-refractivity contribution in [2.45, 2.75) is 18.9 Å². The third kappa shape index (κ3) is 3.49. The van der Waals surface area contributed by atoms with Gasteiger partial charge in [0.25, 0.3) is 5.91 Å². The minimum Gasteiger partial charge on any atom is -0.486 e. The van der Waals surface area contributed by atoms with Crippen LogP contribution in [0, 0.1) is 5.92 Å². The molecule has 2 atom stereocenters. The van der Waals surface area contributed by atoms with Gasteiger partial charge in [-0.05, 0) is 45.0 Å². The SMILES string of the molecule is CN(C)[C@@H]1CC[C@H](CO)CN(C(=O)c2cccc3c2OCCO3)C1. The zero-order valence-electron chi connectivity index (χ0n) is 14.4. The fourth-order valence-electron chi connectivity index (χ4n) is 3.40. The molecule has 0 spiro atoms. The lowest BCUT2D eigenvalue weighted by Crippen LogP contribution is -2.43. The van der Waals surface area contributed by atoms with Crippen LogP contribution in [-0.4, -0.2) is 73.9 Å². The van der Waals surface area contributed by atoms with Crippen molar-refractivity contribution < 1.29 is 19.4 Å². The van der Waals surface area contributed by atoms with Crippen molar-refractivity contribution >= 4 is 5.91 Å². The molecule has 6 heteroatoms. The first-order chi connectivity index (χ1) is 11.6. The van der Waals surface area contributed by atoms with E-state index in [0.29, 0.717) is 49.4 Å². The van der Waals surface area contributed by atoms with E-state index in [0.717, 1.165) is 12.8 Å². The first kappa shape index (κ1) is 17.0. The summed E-state index contributed by atoms with van der Waals surface area (Å²) in [7, 11) is 4.07. The Bertz CT molecular complexity index is 590. The number of nitrogens with zero attached hydrogens (tertiary/aromatic N) is 2. The highest BCUT2D eigenvalue weighted by Crippen LogP contribution is 2.34. The number of para-hydroxylation sites is 1. The quantitative estimate of drug-likeness (QED) is 0.901. The lowest BCUT2D eigenvalue weighted by Gasteiger charge is -2.30. The number of ether oxygens (including phenoxy) is 2. The number of carbonyl (C=O) groups excluding carboxylic acids is 1. The van der Waals surface area contributed by atoms with E-state index in [4.69, 9.17) is 9.47 Å². The molecule has 1 aromatic carbocycles. The number of likely N-dealkylation sites (tertiary alicyclic amines) is 1. The molecular weight excluding hydrogens is 308 g/mol. The smallest absolute Gasteiger partial charge is 0.257 e. The van der Waals surface area contributed by atoms with Crippen molar-refractivity contribution in [3.8, 4) is 11.5 Å². The van der Waals surface area contributed by atoms with Gasteiger partial charge < -0.3 is 24.4 Å². The zero-order chi connectivity index (χ0) is 17.1. The Morgan fingerprint density at radius 1 is 1.25 bits per heavy atom. The molecule has 3 rings (SSSR count). The number of benzene rings is 1. The zero-order valence-corrected chi connectivity index (χ0v) is 14.4. The maximum atomic E-state index is 13.1. The van der Waals surface area contributed by atoms with E-state index in [1.807, 2.05) is 31.1 Å². The van der Waals surface area contributed by atoms with E-state index >= 15 is 0 Å². The van der Waals surface area contributed by atoms with Gasteiger partial charge in [-0.25, -0.2) is 0 Å². The number of carbonyl (C=O) groups is 1. The van der Waals surface area contributed by atoms with Crippen LogP contribution in [0.2, 0.25) is 0 Å². The monoisotopic (exact) mass is 334 g/mol. The average molecular weight is 334 g/mol. The van der Waals surface area contributed by atoms with E-state index in [1.54, 1.807) is 6.07 Å². The van der Waals surface area contributed by atoms with Gasteiger partial charge in [0, 0.05) is 25.7 Å². The van der Waals surface area contributed by atoms with Crippen molar-refractivity contribution in [3.05, 3.63) is 23.8 Å². The summed E-state index contributed by atoms with van der Waals surface area (Å²) in [5, 5.41) is 9.61. The lowest BCUT2D eigenvalue weighted by molar-refractivity contribution is 0.0679. The van der Waals surface area contributed by atoms with Gasteiger partial charge in [0.05, 0.1) is 5.56 Å². The number of rotatable bonds is 3. The van der Waals surface area contributed by atoms with Gasteiger partial charge in [-0.3, -0.25) is 4.79 Å². The molecule has 132 valence electrons. The molecule has 0 aliphatic carbocycles. The molecule has 1 N–H and O–H groups in total. The van der Waals surface area contributed by atoms with E-state index in [2.05, 4.69) is 4.90 Å². The topological polar surface area (TPSA) is 62.2 Å². The minimum atomic E-state index is -0.0513. The second-order valence-electron chi connectivity index (χ2n) is 6.78. The van der Waals surface area contributed by atoms with Crippen molar-refractivity contribution in [2.75, 3.05) is 47.0 Å². The number of amides is 1. The van der Waals surface area contributed by atoms with Gasteiger partial charge in [0.15, 0.2) is 11.5 Å². The van der Waals surface area contributed by atoms with Gasteiger partial charge in [0.1, 0.15) is 13.2 Å². The minimum absolute atomic E-state index is 0.0513. The van der Waals surface area contributed by atoms with Gasteiger partial charge in [-0.15, -0.1) is 0 Å². The predicted molar refractivity (Wildman–Crippen MR) is 90.6 cm³/mol. The third-order valence-electron chi connectivity index (χ3n) is 4.89. The molecular formula is C18H26N2O4. The second-order valence-corrected chi connectivity index (χ2v) is 6.78. The average Bonchev–Trinajstić information content (AvgIpc) is 2.83. The maximum absolute atomic E-state index is 13.1. The second kappa shape index (κ2) is 7.40.